The lowest BCUT2D eigenvalue weighted by atomic mass is 10.1. The highest BCUT2D eigenvalue weighted by atomic mass is 16.5. The van der Waals surface area contributed by atoms with Crippen LogP contribution in [0.25, 0.3) is 22.2 Å². The van der Waals surface area contributed by atoms with Crippen molar-refractivity contribution in [2.45, 2.75) is 13.8 Å². The van der Waals surface area contributed by atoms with Crippen LogP contribution in [0.2, 0.25) is 0 Å². The highest BCUT2D eigenvalue weighted by Crippen LogP contribution is 2.37. The minimum Gasteiger partial charge on any atom is -0.496 e. The zero-order valence-corrected chi connectivity index (χ0v) is 16.5. The standard InChI is InChI=1S/C25H24N2O/c1-4-27(19-15-13-18(2)14-16-19)24-17-23(21-10-6-8-12-25(21)28-3)26-22-11-7-5-9-20(22)24/h5-17H,4H2,1-3H3. The van der Waals surface area contributed by atoms with Crippen LogP contribution in [-0.4, -0.2) is 18.6 Å². The number of anilines is 2. The topological polar surface area (TPSA) is 25.4 Å². The molecule has 0 N–H and O–H groups in total. The quantitative estimate of drug-likeness (QED) is 0.409. The lowest BCUT2D eigenvalue weighted by Gasteiger charge is -2.26. The molecule has 1 heterocycles. The molecular formula is C25H24N2O. The molecule has 0 atom stereocenters. The van der Waals surface area contributed by atoms with Crippen LogP contribution >= 0.6 is 0 Å². The molecule has 3 nitrogen and oxygen atoms in total. The zero-order valence-electron chi connectivity index (χ0n) is 16.5. The van der Waals surface area contributed by atoms with E-state index < -0.39 is 0 Å². The van der Waals surface area contributed by atoms with Gasteiger partial charge in [-0.2, -0.15) is 0 Å². The molecule has 0 aliphatic carbocycles. The second-order valence-corrected chi connectivity index (χ2v) is 6.82. The summed E-state index contributed by atoms with van der Waals surface area (Å²) in [7, 11) is 1.70. The number of pyridine rings is 1. The Morgan fingerprint density at radius 1 is 0.893 bits per heavy atom. The van der Waals surface area contributed by atoms with Crippen molar-refractivity contribution in [3.8, 4) is 17.0 Å². The second kappa shape index (κ2) is 7.73. The van der Waals surface area contributed by atoms with Gasteiger partial charge < -0.3 is 9.64 Å². The molecule has 0 saturated carbocycles. The van der Waals surface area contributed by atoms with Crippen LogP contribution in [0.5, 0.6) is 5.75 Å². The highest BCUT2D eigenvalue weighted by Gasteiger charge is 2.16. The van der Waals surface area contributed by atoms with Gasteiger partial charge in [-0.3, -0.25) is 0 Å². The SMILES string of the molecule is CCN(c1ccc(C)cc1)c1cc(-c2ccccc2OC)nc2ccccc12. The minimum absolute atomic E-state index is 0.828. The summed E-state index contributed by atoms with van der Waals surface area (Å²) in [5.74, 6) is 0.828. The molecular weight excluding hydrogens is 344 g/mol. The van der Waals surface area contributed by atoms with Crippen molar-refractivity contribution in [3.63, 3.8) is 0 Å². The van der Waals surface area contributed by atoms with Gasteiger partial charge in [0, 0.05) is 23.2 Å². The summed E-state index contributed by atoms with van der Waals surface area (Å²) >= 11 is 0. The number of methoxy groups -OCH3 is 1. The molecule has 3 aromatic carbocycles. The molecule has 28 heavy (non-hydrogen) atoms. The Hall–Kier alpha value is -3.33. The summed E-state index contributed by atoms with van der Waals surface area (Å²) in [6.45, 7) is 5.15. The number of nitrogens with zero attached hydrogens (tertiary/aromatic N) is 2. The van der Waals surface area contributed by atoms with Crippen LogP contribution < -0.4 is 9.64 Å². The number of rotatable bonds is 5. The zero-order chi connectivity index (χ0) is 19.5. The summed E-state index contributed by atoms with van der Waals surface area (Å²) < 4.78 is 5.58. The fraction of sp³-hybridized carbons (Fsp3) is 0.160. The van der Waals surface area contributed by atoms with Gasteiger partial charge in [-0.05, 0) is 50.2 Å². The lowest BCUT2D eigenvalue weighted by molar-refractivity contribution is 0.416. The Balaban J connectivity index is 1.95. The predicted octanol–water partition coefficient (Wildman–Crippen LogP) is 6.38. The number of aromatic nitrogens is 1. The lowest BCUT2D eigenvalue weighted by Crippen LogP contribution is -2.16. The fourth-order valence-corrected chi connectivity index (χ4v) is 3.59. The van der Waals surface area contributed by atoms with Crippen LogP contribution in [0.4, 0.5) is 11.4 Å². The number of hydrogen-bond donors (Lipinski definition) is 0. The molecule has 0 saturated heterocycles. The van der Waals surface area contributed by atoms with Crippen LogP contribution in [0.3, 0.4) is 0 Å². The van der Waals surface area contributed by atoms with Gasteiger partial charge in [-0.1, -0.05) is 48.0 Å². The summed E-state index contributed by atoms with van der Waals surface area (Å²) in [4.78, 5) is 7.27. The molecule has 0 aliphatic rings. The average Bonchev–Trinajstić information content (AvgIpc) is 2.75. The van der Waals surface area contributed by atoms with Gasteiger partial charge in [0.25, 0.3) is 0 Å². The number of hydrogen-bond acceptors (Lipinski definition) is 3. The van der Waals surface area contributed by atoms with Crippen LogP contribution in [0, 0.1) is 6.92 Å². The van der Waals surface area contributed by atoms with Crippen molar-refractivity contribution in [1.29, 1.82) is 0 Å². The van der Waals surface area contributed by atoms with Gasteiger partial charge in [-0.15, -0.1) is 0 Å². The Bertz CT molecular complexity index is 1100. The molecule has 1 aromatic heterocycles. The smallest absolute Gasteiger partial charge is 0.128 e. The predicted molar refractivity (Wildman–Crippen MR) is 118 cm³/mol. The Kier molecular flexibility index (Phi) is 4.98. The summed E-state index contributed by atoms with van der Waals surface area (Å²) in [6.07, 6.45) is 0. The molecule has 0 fully saturated rings. The molecule has 0 spiro atoms. The second-order valence-electron chi connectivity index (χ2n) is 6.82. The van der Waals surface area contributed by atoms with Gasteiger partial charge >= 0.3 is 0 Å². The third kappa shape index (κ3) is 3.31. The van der Waals surface area contributed by atoms with E-state index in [1.807, 2.05) is 24.3 Å². The van der Waals surface area contributed by atoms with E-state index in [0.717, 1.165) is 40.1 Å². The maximum Gasteiger partial charge on any atom is 0.128 e. The van der Waals surface area contributed by atoms with Crippen molar-refractivity contribution < 1.29 is 4.74 Å². The van der Waals surface area contributed by atoms with E-state index in [-0.39, 0.29) is 0 Å². The average molecular weight is 368 g/mol. The number of fused-ring (bicyclic) bond motifs is 1. The van der Waals surface area contributed by atoms with Gasteiger partial charge in [0.15, 0.2) is 0 Å². The molecule has 4 rings (SSSR count). The number of benzene rings is 3. The van der Waals surface area contributed by atoms with Crippen molar-refractivity contribution in [1.82, 2.24) is 4.98 Å². The van der Waals surface area contributed by atoms with Crippen molar-refractivity contribution in [2.24, 2.45) is 0 Å². The molecule has 4 aromatic rings. The molecule has 140 valence electrons. The van der Waals surface area contributed by atoms with Gasteiger partial charge in [-0.25, -0.2) is 4.98 Å². The van der Waals surface area contributed by atoms with E-state index in [1.165, 1.54) is 11.3 Å². The van der Waals surface area contributed by atoms with Crippen molar-refractivity contribution in [2.75, 3.05) is 18.6 Å². The first kappa shape index (κ1) is 18.1. The molecule has 0 radical (unpaired) electrons. The monoisotopic (exact) mass is 368 g/mol. The highest BCUT2D eigenvalue weighted by molar-refractivity contribution is 5.96. The molecule has 0 bridgehead atoms. The van der Waals surface area contributed by atoms with Crippen LogP contribution in [-0.2, 0) is 0 Å². The number of aryl methyl sites for hydroxylation is 1. The van der Waals surface area contributed by atoms with Crippen LogP contribution in [0.15, 0.2) is 78.9 Å². The Morgan fingerprint density at radius 2 is 1.61 bits per heavy atom. The molecule has 0 unspecified atom stereocenters. The van der Waals surface area contributed by atoms with Crippen LogP contribution in [0.1, 0.15) is 12.5 Å². The Morgan fingerprint density at radius 3 is 2.36 bits per heavy atom. The van der Waals surface area contributed by atoms with E-state index >= 15 is 0 Å². The third-order valence-electron chi connectivity index (χ3n) is 5.03. The first-order chi connectivity index (χ1) is 13.7. The van der Waals surface area contributed by atoms with Gasteiger partial charge in [0.2, 0.25) is 0 Å². The van der Waals surface area contributed by atoms with Crippen molar-refractivity contribution in [3.05, 3.63) is 84.4 Å². The van der Waals surface area contributed by atoms with E-state index in [4.69, 9.17) is 9.72 Å². The Labute approximate surface area is 166 Å². The van der Waals surface area contributed by atoms with Crippen molar-refractivity contribution >= 4 is 22.3 Å². The number of para-hydroxylation sites is 2. The first-order valence-electron chi connectivity index (χ1n) is 9.58. The minimum atomic E-state index is 0.828. The summed E-state index contributed by atoms with van der Waals surface area (Å²) in [5.41, 5.74) is 6.47. The van der Waals surface area contributed by atoms with E-state index in [2.05, 4.69) is 73.3 Å². The number of ether oxygens (including phenoxy) is 1. The maximum absolute atomic E-state index is 5.58. The first-order valence-corrected chi connectivity index (χ1v) is 9.58. The van der Waals surface area contributed by atoms with Gasteiger partial charge in [0.1, 0.15) is 5.75 Å². The normalized spacial score (nSPS) is 10.8. The molecule has 0 aliphatic heterocycles. The molecule has 0 amide bonds. The largest absolute Gasteiger partial charge is 0.496 e. The maximum atomic E-state index is 5.58. The van der Waals surface area contributed by atoms with E-state index in [1.54, 1.807) is 7.11 Å². The van der Waals surface area contributed by atoms with E-state index in [9.17, 15) is 0 Å². The molecule has 3 heteroatoms. The summed E-state index contributed by atoms with van der Waals surface area (Å²) in [6, 6.07) is 27.2. The van der Waals surface area contributed by atoms with E-state index in [0.29, 0.717) is 0 Å². The summed E-state index contributed by atoms with van der Waals surface area (Å²) in [5, 5.41) is 1.14. The fourth-order valence-electron chi connectivity index (χ4n) is 3.59. The van der Waals surface area contributed by atoms with Gasteiger partial charge in [0.05, 0.1) is 24.0 Å². The third-order valence-corrected chi connectivity index (χ3v) is 5.03.